The topological polar surface area (TPSA) is 3.24 Å². The molecule has 0 saturated heterocycles. The third kappa shape index (κ3) is 4.32. The summed E-state index contributed by atoms with van der Waals surface area (Å²) in [5.41, 5.74) is 4.01. The van der Waals surface area contributed by atoms with Crippen molar-refractivity contribution in [3.05, 3.63) is 34.9 Å². The third-order valence-electron chi connectivity index (χ3n) is 2.78. The van der Waals surface area contributed by atoms with Gasteiger partial charge in [0.1, 0.15) is 0 Å². The molecular formula is C13H19Cl2N. The molecular weight excluding hydrogens is 241 g/mol. The molecule has 0 unspecified atom stereocenters. The average Bonchev–Trinajstić information content (AvgIpc) is 2.24. The van der Waals surface area contributed by atoms with E-state index in [1.807, 2.05) is 0 Å². The molecule has 0 aliphatic rings. The first-order valence-electron chi connectivity index (χ1n) is 5.57. The molecule has 0 radical (unpaired) electrons. The van der Waals surface area contributed by atoms with Gasteiger partial charge < -0.3 is 0 Å². The van der Waals surface area contributed by atoms with E-state index in [4.69, 9.17) is 23.2 Å². The highest BCUT2D eigenvalue weighted by molar-refractivity contribution is 6.18. The number of aryl methyl sites for hydroxylation is 2. The first-order chi connectivity index (χ1) is 7.67. The monoisotopic (exact) mass is 259 g/mol. The summed E-state index contributed by atoms with van der Waals surface area (Å²) in [7, 11) is 0. The Morgan fingerprint density at radius 3 is 2.12 bits per heavy atom. The fourth-order valence-electron chi connectivity index (χ4n) is 1.67. The summed E-state index contributed by atoms with van der Waals surface area (Å²) in [5.74, 6) is 1.31. The van der Waals surface area contributed by atoms with Crippen molar-refractivity contribution in [1.29, 1.82) is 0 Å². The van der Waals surface area contributed by atoms with Gasteiger partial charge >= 0.3 is 0 Å². The van der Waals surface area contributed by atoms with Crippen LogP contribution < -0.4 is 0 Å². The summed E-state index contributed by atoms with van der Waals surface area (Å²) in [6.07, 6.45) is 0. The maximum Gasteiger partial charge on any atom is 0.0351 e. The van der Waals surface area contributed by atoms with Crippen molar-refractivity contribution in [2.24, 2.45) is 0 Å². The van der Waals surface area contributed by atoms with Gasteiger partial charge in [-0.2, -0.15) is 0 Å². The highest BCUT2D eigenvalue weighted by Gasteiger charge is 2.05. The first-order valence-corrected chi connectivity index (χ1v) is 6.64. The number of rotatable bonds is 6. The molecule has 1 aromatic carbocycles. The molecule has 0 saturated carbocycles. The van der Waals surface area contributed by atoms with Gasteiger partial charge in [0.25, 0.3) is 0 Å². The normalized spacial score (nSPS) is 11.1. The van der Waals surface area contributed by atoms with Crippen LogP contribution in [0.1, 0.15) is 16.7 Å². The van der Waals surface area contributed by atoms with E-state index in [0.717, 1.165) is 19.6 Å². The van der Waals surface area contributed by atoms with Gasteiger partial charge in [0.05, 0.1) is 0 Å². The maximum absolute atomic E-state index is 5.77. The molecule has 0 heterocycles. The molecule has 0 amide bonds. The van der Waals surface area contributed by atoms with Gasteiger partial charge in [-0.3, -0.25) is 4.90 Å². The summed E-state index contributed by atoms with van der Waals surface area (Å²) >= 11 is 11.5. The van der Waals surface area contributed by atoms with Gasteiger partial charge in [-0.1, -0.05) is 18.2 Å². The van der Waals surface area contributed by atoms with E-state index < -0.39 is 0 Å². The lowest BCUT2D eigenvalue weighted by atomic mass is 10.1. The Balaban J connectivity index is 2.65. The summed E-state index contributed by atoms with van der Waals surface area (Å²) in [6.45, 7) is 6.99. The van der Waals surface area contributed by atoms with Gasteiger partial charge in [0.15, 0.2) is 0 Å². The largest absolute Gasteiger partial charge is 0.297 e. The smallest absolute Gasteiger partial charge is 0.0351 e. The Morgan fingerprint density at radius 1 is 1.00 bits per heavy atom. The molecule has 0 bridgehead atoms. The second-order valence-corrected chi connectivity index (χ2v) is 4.83. The zero-order valence-electron chi connectivity index (χ0n) is 9.97. The van der Waals surface area contributed by atoms with Crippen LogP contribution in [0.25, 0.3) is 0 Å². The third-order valence-corrected chi connectivity index (χ3v) is 3.12. The number of benzene rings is 1. The second kappa shape index (κ2) is 7.16. The summed E-state index contributed by atoms with van der Waals surface area (Å²) < 4.78 is 0. The molecule has 0 aliphatic carbocycles. The van der Waals surface area contributed by atoms with Crippen molar-refractivity contribution >= 4 is 23.2 Å². The van der Waals surface area contributed by atoms with E-state index in [1.54, 1.807) is 0 Å². The minimum Gasteiger partial charge on any atom is -0.297 e. The molecule has 0 spiro atoms. The SMILES string of the molecule is Cc1ccc(CN(CCCl)CCCl)cc1C. The van der Waals surface area contributed by atoms with Crippen molar-refractivity contribution in [1.82, 2.24) is 4.90 Å². The van der Waals surface area contributed by atoms with Crippen LogP contribution in [0.3, 0.4) is 0 Å². The molecule has 0 atom stereocenters. The van der Waals surface area contributed by atoms with E-state index in [0.29, 0.717) is 11.8 Å². The molecule has 0 fully saturated rings. The predicted octanol–water partition coefficient (Wildman–Crippen LogP) is 3.58. The Labute approximate surface area is 108 Å². The van der Waals surface area contributed by atoms with Crippen LogP contribution in [-0.2, 0) is 6.54 Å². The van der Waals surface area contributed by atoms with Crippen LogP contribution in [0.4, 0.5) is 0 Å². The van der Waals surface area contributed by atoms with Crippen LogP contribution in [0.5, 0.6) is 0 Å². The average molecular weight is 260 g/mol. The van der Waals surface area contributed by atoms with Crippen LogP contribution in [0.2, 0.25) is 0 Å². The quantitative estimate of drug-likeness (QED) is 0.706. The highest BCUT2D eigenvalue weighted by atomic mass is 35.5. The Bertz CT molecular complexity index is 320. The molecule has 90 valence electrons. The van der Waals surface area contributed by atoms with Crippen molar-refractivity contribution in [2.45, 2.75) is 20.4 Å². The molecule has 0 aromatic heterocycles. The molecule has 1 nitrogen and oxygen atoms in total. The lowest BCUT2D eigenvalue weighted by Crippen LogP contribution is -2.27. The molecule has 3 heteroatoms. The maximum atomic E-state index is 5.77. The van der Waals surface area contributed by atoms with Crippen LogP contribution in [-0.4, -0.2) is 29.7 Å². The summed E-state index contributed by atoms with van der Waals surface area (Å²) in [5, 5.41) is 0. The van der Waals surface area contributed by atoms with E-state index >= 15 is 0 Å². The minimum atomic E-state index is 0.654. The Kier molecular flexibility index (Phi) is 6.18. The lowest BCUT2D eigenvalue weighted by molar-refractivity contribution is 0.299. The number of nitrogens with zero attached hydrogens (tertiary/aromatic N) is 1. The fourth-order valence-corrected chi connectivity index (χ4v) is 2.15. The summed E-state index contributed by atoms with van der Waals surface area (Å²) in [6, 6.07) is 6.59. The van der Waals surface area contributed by atoms with Gasteiger partial charge in [0, 0.05) is 31.4 Å². The molecule has 16 heavy (non-hydrogen) atoms. The minimum absolute atomic E-state index is 0.654. The molecule has 1 aromatic rings. The predicted molar refractivity (Wildman–Crippen MR) is 72.6 cm³/mol. The molecule has 0 N–H and O–H groups in total. The number of hydrogen-bond acceptors (Lipinski definition) is 1. The fraction of sp³-hybridized carbons (Fsp3) is 0.538. The molecule has 1 rings (SSSR count). The lowest BCUT2D eigenvalue weighted by Gasteiger charge is -2.20. The molecule has 0 aliphatic heterocycles. The van der Waals surface area contributed by atoms with E-state index in [1.165, 1.54) is 16.7 Å². The summed E-state index contributed by atoms with van der Waals surface area (Å²) in [4.78, 5) is 2.28. The van der Waals surface area contributed by atoms with Crippen LogP contribution in [0, 0.1) is 13.8 Å². The first kappa shape index (κ1) is 13.8. The standard InChI is InChI=1S/C13H19Cl2N/c1-11-3-4-13(9-12(11)2)10-16(7-5-14)8-6-15/h3-4,9H,5-8,10H2,1-2H3. The zero-order chi connectivity index (χ0) is 12.0. The highest BCUT2D eigenvalue weighted by Crippen LogP contribution is 2.12. The van der Waals surface area contributed by atoms with E-state index in [9.17, 15) is 0 Å². The van der Waals surface area contributed by atoms with Crippen LogP contribution in [0.15, 0.2) is 18.2 Å². The van der Waals surface area contributed by atoms with E-state index in [-0.39, 0.29) is 0 Å². The van der Waals surface area contributed by atoms with Crippen LogP contribution >= 0.6 is 23.2 Å². The Hall–Kier alpha value is -0.240. The second-order valence-electron chi connectivity index (χ2n) is 4.07. The number of halogens is 2. The van der Waals surface area contributed by atoms with Crippen molar-refractivity contribution in [3.8, 4) is 0 Å². The van der Waals surface area contributed by atoms with Gasteiger partial charge in [-0.05, 0) is 30.5 Å². The number of hydrogen-bond donors (Lipinski definition) is 0. The zero-order valence-corrected chi connectivity index (χ0v) is 11.5. The van der Waals surface area contributed by atoms with Crippen molar-refractivity contribution < 1.29 is 0 Å². The van der Waals surface area contributed by atoms with Crippen molar-refractivity contribution in [2.75, 3.05) is 24.8 Å². The Morgan fingerprint density at radius 2 is 1.62 bits per heavy atom. The van der Waals surface area contributed by atoms with Gasteiger partial charge in [-0.25, -0.2) is 0 Å². The van der Waals surface area contributed by atoms with Gasteiger partial charge in [0.2, 0.25) is 0 Å². The van der Waals surface area contributed by atoms with Crippen molar-refractivity contribution in [3.63, 3.8) is 0 Å². The van der Waals surface area contributed by atoms with E-state index in [2.05, 4.69) is 36.9 Å². The van der Waals surface area contributed by atoms with Gasteiger partial charge in [-0.15, -0.1) is 23.2 Å². The number of alkyl halides is 2.